The summed E-state index contributed by atoms with van der Waals surface area (Å²) in [6.07, 6.45) is 2.69. The molecular formula is C15H17ClN4O4S. The first-order valence-corrected chi connectivity index (χ1v) is 9.87. The van der Waals surface area contributed by atoms with Crippen LogP contribution >= 0.6 is 11.6 Å². The zero-order chi connectivity index (χ0) is 18.4. The minimum Gasteiger partial charge on any atom is -0.480 e. The summed E-state index contributed by atoms with van der Waals surface area (Å²) in [5.74, 6) is -0.553. The molecule has 2 aromatic heterocycles. The van der Waals surface area contributed by atoms with Gasteiger partial charge in [-0.3, -0.25) is 0 Å². The number of aromatic nitrogens is 3. The van der Waals surface area contributed by atoms with E-state index in [-0.39, 0.29) is 18.1 Å². The van der Waals surface area contributed by atoms with Gasteiger partial charge in [-0.2, -0.15) is 5.10 Å². The van der Waals surface area contributed by atoms with Gasteiger partial charge in [0.05, 0.1) is 16.6 Å². The van der Waals surface area contributed by atoms with Crippen molar-refractivity contribution in [2.75, 3.05) is 17.7 Å². The molecule has 25 heavy (non-hydrogen) atoms. The van der Waals surface area contributed by atoms with Gasteiger partial charge >= 0.3 is 5.97 Å². The largest absolute Gasteiger partial charge is 0.480 e. The van der Waals surface area contributed by atoms with Crippen molar-refractivity contribution in [1.82, 2.24) is 14.8 Å². The van der Waals surface area contributed by atoms with Gasteiger partial charge in [-0.15, -0.1) is 0 Å². The maximum atomic E-state index is 11.9. The molecule has 0 radical (unpaired) electrons. The van der Waals surface area contributed by atoms with Gasteiger partial charge in [0.15, 0.2) is 9.84 Å². The second-order valence-electron chi connectivity index (χ2n) is 6.09. The number of anilines is 1. The Morgan fingerprint density at radius 3 is 2.72 bits per heavy atom. The Balaban J connectivity index is 2.08. The molecule has 0 bridgehead atoms. The van der Waals surface area contributed by atoms with Crippen LogP contribution in [-0.2, 0) is 14.6 Å². The van der Waals surface area contributed by atoms with E-state index in [1.807, 2.05) is 0 Å². The SMILES string of the molecule is Cc1cc(N2C[C@H](S(C)(=O)=O)C[C@H]2C(=O)O)n(-c2ccnc(Cl)c2)n1. The Hall–Kier alpha value is -2.13. The predicted octanol–water partition coefficient (Wildman–Crippen LogP) is 1.31. The Morgan fingerprint density at radius 1 is 1.40 bits per heavy atom. The van der Waals surface area contributed by atoms with Gasteiger partial charge in [0.25, 0.3) is 0 Å². The number of halogens is 1. The second kappa shape index (κ2) is 6.30. The number of carbonyl (C=O) groups is 1. The zero-order valence-electron chi connectivity index (χ0n) is 13.6. The van der Waals surface area contributed by atoms with E-state index in [2.05, 4.69) is 10.1 Å². The average Bonchev–Trinajstić information content (AvgIpc) is 3.10. The number of aliphatic carboxylic acids is 1. The maximum absolute atomic E-state index is 11.9. The minimum absolute atomic E-state index is 0.0372. The molecule has 1 fully saturated rings. The summed E-state index contributed by atoms with van der Waals surface area (Å²) in [5, 5.41) is 13.5. The molecular weight excluding hydrogens is 368 g/mol. The van der Waals surface area contributed by atoms with Crippen LogP contribution in [0.15, 0.2) is 24.4 Å². The molecule has 1 N–H and O–H groups in total. The van der Waals surface area contributed by atoms with Crippen LogP contribution < -0.4 is 4.90 Å². The third-order valence-electron chi connectivity index (χ3n) is 4.21. The van der Waals surface area contributed by atoms with Crippen LogP contribution in [0.5, 0.6) is 0 Å². The molecule has 0 amide bonds. The van der Waals surface area contributed by atoms with E-state index in [4.69, 9.17) is 11.6 Å². The van der Waals surface area contributed by atoms with Crippen molar-refractivity contribution in [1.29, 1.82) is 0 Å². The first-order valence-electron chi connectivity index (χ1n) is 7.53. The van der Waals surface area contributed by atoms with Gasteiger partial charge in [-0.05, 0) is 19.4 Å². The molecule has 2 atom stereocenters. The molecule has 8 nitrogen and oxygen atoms in total. The van der Waals surface area contributed by atoms with Crippen molar-refractivity contribution in [3.63, 3.8) is 0 Å². The molecule has 0 saturated carbocycles. The van der Waals surface area contributed by atoms with Crippen LogP contribution in [-0.4, -0.2) is 58.4 Å². The first-order chi connectivity index (χ1) is 11.7. The highest BCUT2D eigenvalue weighted by molar-refractivity contribution is 7.91. The number of hydrogen-bond acceptors (Lipinski definition) is 6. The Labute approximate surface area is 150 Å². The fourth-order valence-corrected chi connectivity index (χ4v) is 4.13. The van der Waals surface area contributed by atoms with E-state index in [1.165, 1.54) is 6.20 Å². The fourth-order valence-electron chi connectivity index (χ4n) is 3.00. The van der Waals surface area contributed by atoms with Gasteiger partial charge in [-0.25, -0.2) is 22.9 Å². The summed E-state index contributed by atoms with van der Waals surface area (Å²) in [5.41, 5.74) is 1.30. The zero-order valence-corrected chi connectivity index (χ0v) is 15.2. The number of hydrogen-bond donors (Lipinski definition) is 1. The number of sulfone groups is 1. The standard InChI is InChI=1S/C15H17ClN4O4S/c1-9-5-14(20(18-9)10-3-4-17-13(16)6-10)19-8-11(25(2,23)24)7-12(19)15(21)22/h3-6,11-12H,7-8H2,1-2H3,(H,21,22)/t11-,12+/m1/s1. The van der Waals surface area contributed by atoms with E-state index in [1.54, 1.807) is 34.7 Å². The summed E-state index contributed by atoms with van der Waals surface area (Å²) in [7, 11) is -3.35. The predicted molar refractivity (Wildman–Crippen MR) is 93.1 cm³/mol. The van der Waals surface area contributed by atoms with E-state index in [0.29, 0.717) is 17.2 Å². The molecule has 1 aliphatic rings. The Bertz CT molecular complexity index is 927. The Kier molecular flexibility index (Phi) is 4.46. The molecule has 3 rings (SSSR count). The lowest BCUT2D eigenvalue weighted by molar-refractivity contribution is -0.138. The topological polar surface area (TPSA) is 105 Å². The summed E-state index contributed by atoms with van der Waals surface area (Å²) in [4.78, 5) is 17.2. The Morgan fingerprint density at radius 2 is 2.12 bits per heavy atom. The van der Waals surface area contributed by atoms with E-state index < -0.39 is 27.1 Å². The molecule has 0 unspecified atom stereocenters. The number of aryl methyl sites for hydroxylation is 1. The number of nitrogens with zero attached hydrogens (tertiary/aromatic N) is 4. The van der Waals surface area contributed by atoms with Crippen molar-refractivity contribution in [2.24, 2.45) is 0 Å². The quantitative estimate of drug-likeness (QED) is 0.792. The van der Waals surface area contributed by atoms with E-state index in [0.717, 1.165) is 6.26 Å². The number of carboxylic acids is 1. The van der Waals surface area contributed by atoms with Crippen molar-refractivity contribution in [2.45, 2.75) is 24.6 Å². The van der Waals surface area contributed by atoms with Crippen molar-refractivity contribution < 1.29 is 18.3 Å². The monoisotopic (exact) mass is 384 g/mol. The number of carboxylic acid groups (broad SMARTS) is 1. The summed E-state index contributed by atoms with van der Waals surface area (Å²) >= 11 is 5.94. The smallest absolute Gasteiger partial charge is 0.326 e. The molecule has 0 aliphatic carbocycles. The second-order valence-corrected chi connectivity index (χ2v) is 8.80. The van der Waals surface area contributed by atoms with Crippen LogP contribution in [0.2, 0.25) is 5.15 Å². The van der Waals surface area contributed by atoms with Crippen molar-refractivity contribution >= 4 is 33.2 Å². The van der Waals surface area contributed by atoms with Gasteiger partial charge in [0.2, 0.25) is 0 Å². The fraction of sp³-hybridized carbons (Fsp3) is 0.400. The maximum Gasteiger partial charge on any atom is 0.326 e. The van der Waals surface area contributed by atoms with Gasteiger partial charge in [-0.1, -0.05) is 11.6 Å². The lowest BCUT2D eigenvalue weighted by Gasteiger charge is -2.24. The third kappa shape index (κ3) is 3.47. The highest BCUT2D eigenvalue weighted by Gasteiger charge is 2.42. The van der Waals surface area contributed by atoms with Crippen molar-refractivity contribution in [3.8, 4) is 5.69 Å². The lowest BCUT2D eigenvalue weighted by atomic mass is 10.2. The average molecular weight is 385 g/mol. The van der Waals surface area contributed by atoms with Crippen LogP contribution in [0.25, 0.3) is 5.69 Å². The van der Waals surface area contributed by atoms with E-state index in [9.17, 15) is 18.3 Å². The normalized spacial score (nSPS) is 20.8. The third-order valence-corrected chi connectivity index (χ3v) is 5.97. The van der Waals surface area contributed by atoms with E-state index >= 15 is 0 Å². The summed E-state index contributed by atoms with van der Waals surface area (Å²) < 4.78 is 25.4. The summed E-state index contributed by atoms with van der Waals surface area (Å²) in [6, 6.07) is 4.10. The highest BCUT2D eigenvalue weighted by Crippen LogP contribution is 2.31. The number of rotatable bonds is 4. The van der Waals surface area contributed by atoms with Crippen LogP contribution in [0.4, 0.5) is 5.82 Å². The molecule has 1 saturated heterocycles. The molecule has 134 valence electrons. The van der Waals surface area contributed by atoms with Gasteiger partial charge in [0, 0.05) is 31.1 Å². The molecule has 3 heterocycles. The van der Waals surface area contributed by atoms with Crippen molar-refractivity contribution in [3.05, 3.63) is 35.2 Å². The molecule has 1 aliphatic heterocycles. The molecule has 10 heteroatoms. The van der Waals surface area contributed by atoms with Crippen LogP contribution in [0, 0.1) is 6.92 Å². The lowest BCUT2D eigenvalue weighted by Crippen LogP contribution is -2.37. The van der Waals surface area contributed by atoms with Crippen LogP contribution in [0.3, 0.4) is 0 Å². The molecule has 2 aromatic rings. The summed E-state index contributed by atoms with van der Waals surface area (Å²) in [6.45, 7) is 1.88. The minimum atomic E-state index is -3.35. The van der Waals surface area contributed by atoms with Crippen LogP contribution in [0.1, 0.15) is 12.1 Å². The molecule has 0 spiro atoms. The molecule has 0 aromatic carbocycles. The van der Waals surface area contributed by atoms with Gasteiger partial charge < -0.3 is 10.0 Å². The van der Waals surface area contributed by atoms with Gasteiger partial charge in [0.1, 0.15) is 17.0 Å². The first kappa shape index (κ1) is 17.7. The highest BCUT2D eigenvalue weighted by atomic mass is 35.5. The number of pyridine rings is 1.